The Morgan fingerprint density at radius 2 is 1.92 bits per heavy atom. The molecule has 0 radical (unpaired) electrons. The highest BCUT2D eigenvalue weighted by Gasteiger charge is 2.14. The lowest BCUT2D eigenvalue weighted by atomic mass is 10.1. The van der Waals surface area contributed by atoms with Gasteiger partial charge in [0.05, 0.1) is 17.4 Å². The van der Waals surface area contributed by atoms with Crippen LogP contribution in [0.1, 0.15) is 22.0 Å². The van der Waals surface area contributed by atoms with Gasteiger partial charge in [0.15, 0.2) is 0 Å². The molecule has 24 heavy (non-hydrogen) atoms. The largest absolute Gasteiger partial charge is 0.387 e. The number of nitrogens with zero attached hydrogens (tertiary/aromatic N) is 2. The third kappa shape index (κ3) is 3.64. The summed E-state index contributed by atoms with van der Waals surface area (Å²) in [5, 5.41) is 17.7. The fourth-order valence-electron chi connectivity index (χ4n) is 2.36. The van der Waals surface area contributed by atoms with Crippen LogP contribution in [-0.4, -0.2) is 27.3 Å². The van der Waals surface area contributed by atoms with Gasteiger partial charge in [-0.3, -0.25) is 4.79 Å². The second-order valence-corrected chi connectivity index (χ2v) is 5.68. The number of hydrogen-bond acceptors (Lipinski definition) is 3. The third-order valence-electron chi connectivity index (χ3n) is 3.61. The lowest BCUT2D eigenvalue weighted by Crippen LogP contribution is -2.29. The van der Waals surface area contributed by atoms with Crippen LogP contribution < -0.4 is 5.32 Å². The third-order valence-corrected chi connectivity index (χ3v) is 3.86. The zero-order chi connectivity index (χ0) is 16.9. The lowest BCUT2D eigenvalue weighted by molar-refractivity contribution is 0.0916. The minimum Gasteiger partial charge on any atom is -0.387 e. The highest BCUT2D eigenvalue weighted by atomic mass is 35.5. The molecule has 3 aromatic rings. The van der Waals surface area contributed by atoms with Crippen molar-refractivity contribution in [3.63, 3.8) is 0 Å². The fourth-order valence-corrected chi connectivity index (χ4v) is 2.49. The molecule has 6 heteroatoms. The van der Waals surface area contributed by atoms with Crippen molar-refractivity contribution >= 4 is 17.5 Å². The zero-order valence-corrected chi connectivity index (χ0v) is 13.5. The van der Waals surface area contributed by atoms with E-state index in [1.54, 1.807) is 59.5 Å². The number of carbonyl (C=O) groups excluding carboxylic acids is 1. The first kappa shape index (κ1) is 16.2. The van der Waals surface area contributed by atoms with Gasteiger partial charge in [-0.1, -0.05) is 35.9 Å². The Morgan fingerprint density at radius 3 is 2.62 bits per heavy atom. The Balaban J connectivity index is 1.71. The molecule has 2 aromatic carbocycles. The summed E-state index contributed by atoms with van der Waals surface area (Å²) < 4.78 is 1.63. The van der Waals surface area contributed by atoms with Crippen molar-refractivity contribution in [1.29, 1.82) is 0 Å². The van der Waals surface area contributed by atoms with Crippen molar-refractivity contribution in [2.45, 2.75) is 6.10 Å². The smallest absolute Gasteiger partial charge is 0.253 e. The number of amides is 1. The van der Waals surface area contributed by atoms with Crippen LogP contribution in [0.25, 0.3) is 5.69 Å². The predicted octanol–water partition coefficient (Wildman–Crippen LogP) is 2.99. The van der Waals surface area contributed by atoms with Crippen molar-refractivity contribution in [3.8, 4) is 5.69 Å². The number of carbonyl (C=O) groups is 1. The number of aromatic nitrogens is 2. The summed E-state index contributed by atoms with van der Waals surface area (Å²) in [6.07, 6.45) is 2.62. The van der Waals surface area contributed by atoms with Crippen molar-refractivity contribution in [3.05, 3.63) is 83.1 Å². The topological polar surface area (TPSA) is 67.2 Å². The molecule has 122 valence electrons. The quantitative estimate of drug-likeness (QED) is 0.749. The Bertz CT molecular complexity index is 817. The molecule has 5 nitrogen and oxygen atoms in total. The van der Waals surface area contributed by atoms with Gasteiger partial charge in [-0.25, -0.2) is 4.68 Å². The Kier molecular flexibility index (Phi) is 4.93. The number of aliphatic hydroxyl groups is 1. The first-order valence-corrected chi connectivity index (χ1v) is 7.84. The summed E-state index contributed by atoms with van der Waals surface area (Å²) in [5.74, 6) is -0.269. The van der Waals surface area contributed by atoms with Gasteiger partial charge in [0.1, 0.15) is 0 Å². The van der Waals surface area contributed by atoms with E-state index in [9.17, 15) is 9.90 Å². The molecule has 0 aliphatic carbocycles. The van der Waals surface area contributed by atoms with Gasteiger partial charge in [-0.05, 0) is 35.9 Å². The number of benzene rings is 2. The minimum absolute atomic E-state index is 0.105. The van der Waals surface area contributed by atoms with Crippen molar-refractivity contribution in [2.75, 3.05) is 6.54 Å². The number of nitrogens with one attached hydrogen (secondary N) is 1. The van der Waals surface area contributed by atoms with Crippen LogP contribution >= 0.6 is 11.6 Å². The first-order valence-electron chi connectivity index (χ1n) is 7.46. The molecule has 0 aliphatic rings. The van der Waals surface area contributed by atoms with E-state index in [-0.39, 0.29) is 12.5 Å². The van der Waals surface area contributed by atoms with E-state index in [2.05, 4.69) is 10.4 Å². The van der Waals surface area contributed by atoms with Crippen LogP contribution in [0.15, 0.2) is 67.0 Å². The zero-order valence-electron chi connectivity index (χ0n) is 12.8. The molecule has 0 fully saturated rings. The van der Waals surface area contributed by atoms with Gasteiger partial charge >= 0.3 is 0 Å². The summed E-state index contributed by atoms with van der Waals surface area (Å²) in [6.45, 7) is 0.105. The molecule has 1 unspecified atom stereocenters. The van der Waals surface area contributed by atoms with Gasteiger partial charge in [-0.2, -0.15) is 5.10 Å². The second-order valence-electron chi connectivity index (χ2n) is 5.25. The second kappa shape index (κ2) is 7.29. The van der Waals surface area contributed by atoms with E-state index in [0.717, 1.165) is 0 Å². The van der Waals surface area contributed by atoms with E-state index in [1.807, 2.05) is 12.1 Å². The average molecular weight is 342 g/mol. The van der Waals surface area contributed by atoms with Crippen LogP contribution in [0.4, 0.5) is 0 Å². The number of halogens is 1. The number of rotatable bonds is 5. The predicted molar refractivity (Wildman–Crippen MR) is 92.3 cm³/mol. The molecule has 3 rings (SSSR count). The fraction of sp³-hybridized carbons (Fsp3) is 0.111. The molecule has 0 saturated carbocycles. The molecule has 0 spiro atoms. The Labute approximate surface area is 144 Å². The average Bonchev–Trinajstić information content (AvgIpc) is 3.14. The molecule has 0 aliphatic heterocycles. The summed E-state index contributed by atoms with van der Waals surface area (Å²) in [5.41, 5.74) is 1.87. The molecule has 0 bridgehead atoms. The number of hydrogen-bond donors (Lipinski definition) is 2. The first-order chi connectivity index (χ1) is 11.6. The molecule has 2 N–H and O–H groups in total. The molecule has 1 aromatic heterocycles. The van der Waals surface area contributed by atoms with Gasteiger partial charge < -0.3 is 10.4 Å². The maximum Gasteiger partial charge on any atom is 0.253 e. The highest BCUT2D eigenvalue weighted by Crippen LogP contribution is 2.17. The maximum absolute atomic E-state index is 12.5. The van der Waals surface area contributed by atoms with E-state index >= 15 is 0 Å². The van der Waals surface area contributed by atoms with E-state index in [0.29, 0.717) is 21.8 Å². The van der Waals surface area contributed by atoms with Crippen LogP contribution in [0, 0.1) is 0 Å². The standard InChI is InChI=1S/C18H16ClN3O2/c19-14-8-6-13(7-9-14)17(23)12-20-18(24)15-4-1-2-5-16(15)22-11-3-10-21-22/h1-11,17,23H,12H2,(H,20,24). The van der Waals surface area contributed by atoms with E-state index < -0.39 is 6.10 Å². The summed E-state index contributed by atoms with van der Waals surface area (Å²) in [7, 11) is 0. The lowest BCUT2D eigenvalue weighted by Gasteiger charge is -2.14. The monoisotopic (exact) mass is 341 g/mol. The van der Waals surface area contributed by atoms with E-state index in [1.165, 1.54) is 0 Å². The van der Waals surface area contributed by atoms with Gasteiger partial charge in [0, 0.05) is 24.0 Å². The van der Waals surface area contributed by atoms with Crippen molar-refractivity contribution in [1.82, 2.24) is 15.1 Å². The molecular formula is C18H16ClN3O2. The van der Waals surface area contributed by atoms with Crippen LogP contribution in [0.2, 0.25) is 5.02 Å². The molecular weight excluding hydrogens is 326 g/mol. The normalized spacial score (nSPS) is 11.9. The molecule has 0 saturated heterocycles. The Hall–Kier alpha value is -2.63. The van der Waals surface area contributed by atoms with Crippen LogP contribution in [-0.2, 0) is 0 Å². The van der Waals surface area contributed by atoms with Crippen molar-refractivity contribution in [2.24, 2.45) is 0 Å². The summed E-state index contributed by atoms with van der Waals surface area (Å²) in [4.78, 5) is 12.5. The summed E-state index contributed by atoms with van der Waals surface area (Å²) in [6, 6.07) is 15.8. The molecule has 1 atom stereocenters. The van der Waals surface area contributed by atoms with Crippen LogP contribution in [0.5, 0.6) is 0 Å². The van der Waals surface area contributed by atoms with Gasteiger partial charge in [-0.15, -0.1) is 0 Å². The van der Waals surface area contributed by atoms with Gasteiger partial charge in [0.2, 0.25) is 0 Å². The molecule has 1 heterocycles. The van der Waals surface area contributed by atoms with E-state index in [4.69, 9.17) is 11.6 Å². The minimum atomic E-state index is -0.803. The SMILES string of the molecule is O=C(NCC(O)c1ccc(Cl)cc1)c1ccccc1-n1cccn1. The van der Waals surface area contributed by atoms with Gasteiger partial charge in [0.25, 0.3) is 5.91 Å². The maximum atomic E-state index is 12.5. The summed E-state index contributed by atoms with van der Waals surface area (Å²) >= 11 is 5.83. The Morgan fingerprint density at radius 1 is 1.17 bits per heavy atom. The number of para-hydroxylation sites is 1. The van der Waals surface area contributed by atoms with Crippen LogP contribution in [0.3, 0.4) is 0 Å². The number of aliphatic hydroxyl groups excluding tert-OH is 1. The highest BCUT2D eigenvalue weighted by molar-refractivity contribution is 6.30. The van der Waals surface area contributed by atoms with Crippen molar-refractivity contribution < 1.29 is 9.90 Å². The molecule has 1 amide bonds.